The van der Waals surface area contributed by atoms with Crippen LogP contribution < -0.4 is 4.72 Å². The summed E-state index contributed by atoms with van der Waals surface area (Å²) in [6, 6.07) is 1.83. The maximum atomic E-state index is 13.0. The fourth-order valence-corrected chi connectivity index (χ4v) is 6.42. The summed E-state index contributed by atoms with van der Waals surface area (Å²) in [4.78, 5) is 2.07. The Hall–Kier alpha value is -1.18. The first kappa shape index (κ1) is 16.7. The van der Waals surface area contributed by atoms with Crippen LogP contribution in [-0.4, -0.2) is 19.6 Å². The molecule has 0 bridgehead atoms. The molecule has 1 fully saturated rings. The molecule has 0 saturated heterocycles. The van der Waals surface area contributed by atoms with Crippen molar-refractivity contribution in [3.63, 3.8) is 0 Å². The maximum Gasteiger partial charge on any atom is 0.242 e. The number of hydrogen-bond donors (Lipinski definition) is 1. The van der Waals surface area contributed by atoms with E-state index in [0.717, 1.165) is 41.1 Å². The molecule has 1 N–H and O–H groups in total. The highest BCUT2D eigenvalue weighted by Gasteiger charge is 2.30. The Morgan fingerprint density at radius 1 is 1.17 bits per heavy atom. The van der Waals surface area contributed by atoms with Crippen molar-refractivity contribution in [2.75, 3.05) is 0 Å². The van der Waals surface area contributed by atoms with Crippen LogP contribution in [0.1, 0.15) is 47.6 Å². The van der Waals surface area contributed by atoms with E-state index in [4.69, 9.17) is 4.52 Å². The third-order valence-electron chi connectivity index (χ3n) is 4.28. The zero-order valence-electron chi connectivity index (χ0n) is 13.7. The van der Waals surface area contributed by atoms with Gasteiger partial charge in [-0.15, -0.1) is 11.3 Å². The van der Waals surface area contributed by atoms with Gasteiger partial charge in [-0.3, -0.25) is 0 Å². The van der Waals surface area contributed by atoms with Crippen molar-refractivity contribution in [2.45, 2.75) is 63.8 Å². The average Bonchev–Trinajstić information content (AvgIpc) is 3.02. The first-order valence-electron chi connectivity index (χ1n) is 7.94. The first-order chi connectivity index (χ1) is 10.9. The van der Waals surface area contributed by atoms with E-state index in [2.05, 4.69) is 9.88 Å². The summed E-state index contributed by atoms with van der Waals surface area (Å²) in [5.41, 5.74) is 1.39. The van der Waals surface area contributed by atoms with Crippen LogP contribution in [-0.2, 0) is 10.0 Å². The molecule has 0 spiro atoms. The van der Waals surface area contributed by atoms with Crippen LogP contribution in [0, 0.1) is 20.8 Å². The van der Waals surface area contributed by atoms with E-state index in [-0.39, 0.29) is 6.04 Å². The molecule has 0 radical (unpaired) electrons. The monoisotopic (exact) mass is 354 g/mol. The minimum atomic E-state index is -3.57. The molecule has 2 heterocycles. The number of rotatable bonds is 4. The second-order valence-corrected chi connectivity index (χ2v) is 9.29. The van der Waals surface area contributed by atoms with Gasteiger partial charge in [0.15, 0.2) is 5.76 Å². The van der Waals surface area contributed by atoms with Gasteiger partial charge in [0, 0.05) is 21.9 Å². The van der Waals surface area contributed by atoms with Gasteiger partial charge in [-0.2, -0.15) is 0 Å². The molecule has 2 aromatic rings. The molecule has 7 heteroatoms. The van der Waals surface area contributed by atoms with Crippen LogP contribution in [0.4, 0.5) is 0 Å². The van der Waals surface area contributed by atoms with Crippen LogP contribution >= 0.6 is 11.3 Å². The van der Waals surface area contributed by atoms with Crippen molar-refractivity contribution in [3.05, 3.63) is 21.5 Å². The Balaban J connectivity index is 2.01. The highest BCUT2D eigenvalue weighted by Crippen LogP contribution is 2.39. The largest absolute Gasteiger partial charge is 0.356 e. The summed E-state index contributed by atoms with van der Waals surface area (Å²) >= 11 is 1.48. The van der Waals surface area contributed by atoms with Crippen molar-refractivity contribution >= 4 is 21.4 Å². The lowest BCUT2D eigenvalue weighted by Crippen LogP contribution is -2.36. The van der Waals surface area contributed by atoms with Gasteiger partial charge in [-0.05, 0) is 33.6 Å². The third-order valence-corrected chi connectivity index (χ3v) is 7.12. The van der Waals surface area contributed by atoms with Gasteiger partial charge < -0.3 is 4.52 Å². The van der Waals surface area contributed by atoms with Crippen LogP contribution in [0.5, 0.6) is 0 Å². The number of aryl methyl sites for hydroxylation is 3. The predicted molar refractivity (Wildman–Crippen MR) is 91.2 cm³/mol. The Morgan fingerprint density at radius 2 is 1.87 bits per heavy atom. The van der Waals surface area contributed by atoms with Crippen molar-refractivity contribution in [3.8, 4) is 11.3 Å². The van der Waals surface area contributed by atoms with Gasteiger partial charge in [0.25, 0.3) is 0 Å². The van der Waals surface area contributed by atoms with Crippen molar-refractivity contribution in [1.82, 2.24) is 9.88 Å². The number of nitrogens with zero attached hydrogens (tertiary/aromatic N) is 1. The van der Waals surface area contributed by atoms with E-state index in [1.807, 2.05) is 20.8 Å². The molecule has 2 aromatic heterocycles. The molecule has 23 heavy (non-hydrogen) atoms. The fourth-order valence-electron chi connectivity index (χ4n) is 3.25. The molecule has 5 nitrogen and oxygen atoms in total. The van der Waals surface area contributed by atoms with Gasteiger partial charge in [0.1, 0.15) is 4.90 Å². The van der Waals surface area contributed by atoms with E-state index >= 15 is 0 Å². The van der Waals surface area contributed by atoms with E-state index in [1.165, 1.54) is 17.8 Å². The molecule has 0 amide bonds. The molecule has 126 valence electrons. The normalized spacial score (nSPS) is 16.8. The van der Waals surface area contributed by atoms with E-state index in [9.17, 15) is 8.42 Å². The molecule has 1 aliphatic carbocycles. The van der Waals surface area contributed by atoms with Gasteiger partial charge >= 0.3 is 0 Å². The minimum Gasteiger partial charge on any atom is -0.356 e. The number of hydrogen-bond acceptors (Lipinski definition) is 5. The molecule has 0 aliphatic heterocycles. The maximum absolute atomic E-state index is 13.0. The summed E-state index contributed by atoms with van der Waals surface area (Å²) < 4.78 is 34.2. The van der Waals surface area contributed by atoms with Gasteiger partial charge in [-0.1, -0.05) is 24.4 Å². The fraction of sp³-hybridized carbons (Fsp3) is 0.562. The van der Waals surface area contributed by atoms with Crippen molar-refractivity contribution < 1.29 is 12.9 Å². The van der Waals surface area contributed by atoms with Crippen LogP contribution in [0.25, 0.3) is 11.3 Å². The van der Waals surface area contributed by atoms with Crippen LogP contribution in [0.15, 0.2) is 15.5 Å². The smallest absolute Gasteiger partial charge is 0.242 e. The number of thiophene rings is 1. The second kappa shape index (κ2) is 6.37. The molecule has 0 unspecified atom stereocenters. The minimum absolute atomic E-state index is 0.0395. The third kappa shape index (κ3) is 3.36. The van der Waals surface area contributed by atoms with Gasteiger partial charge in [0.2, 0.25) is 10.0 Å². The quantitative estimate of drug-likeness (QED) is 0.902. The van der Waals surface area contributed by atoms with Crippen molar-refractivity contribution in [2.24, 2.45) is 0 Å². The van der Waals surface area contributed by atoms with Crippen LogP contribution in [0.3, 0.4) is 0 Å². The van der Waals surface area contributed by atoms with Crippen molar-refractivity contribution in [1.29, 1.82) is 0 Å². The SMILES string of the molecule is Cc1cc(-c2c(C)sc(C)c2S(=O)(=O)NC2CCCCC2)on1. The molecule has 3 rings (SSSR count). The number of sulfonamides is 1. The second-order valence-electron chi connectivity index (χ2n) is 6.21. The first-order valence-corrected chi connectivity index (χ1v) is 10.2. The van der Waals surface area contributed by atoms with E-state index in [0.29, 0.717) is 16.2 Å². The molecule has 0 aromatic carbocycles. The number of nitrogens with one attached hydrogen (secondary N) is 1. The van der Waals surface area contributed by atoms with Crippen LogP contribution in [0.2, 0.25) is 0 Å². The highest BCUT2D eigenvalue weighted by molar-refractivity contribution is 7.89. The van der Waals surface area contributed by atoms with Gasteiger partial charge in [0.05, 0.1) is 11.3 Å². The Morgan fingerprint density at radius 3 is 2.48 bits per heavy atom. The lowest BCUT2D eigenvalue weighted by molar-refractivity contribution is 0.411. The summed E-state index contributed by atoms with van der Waals surface area (Å²) in [7, 11) is -3.57. The Labute approximate surface area is 141 Å². The van der Waals surface area contributed by atoms with Gasteiger partial charge in [-0.25, -0.2) is 13.1 Å². The van der Waals surface area contributed by atoms with E-state index in [1.54, 1.807) is 6.07 Å². The summed E-state index contributed by atoms with van der Waals surface area (Å²) in [6.45, 7) is 5.60. The highest BCUT2D eigenvalue weighted by atomic mass is 32.2. The summed E-state index contributed by atoms with van der Waals surface area (Å²) in [5, 5.41) is 3.90. The molecular formula is C16H22N2O3S2. The zero-order chi connectivity index (χ0) is 16.6. The molecule has 1 saturated carbocycles. The lowest BCUT2D eigenvalue weighted by atomic mass is 9.96. The summed E-state index contributed by atoms with van der Waals surface area (Å²) in [6.07, 6.45) is 5.19. The molecular weight excluding hydrogens is 332 g/mol. The summed E-state index contributed by atoms with van der Waals surface area (Å²) in [5.74, 6) is 0.522. The van der Waals surface area contributed by atoms with E-state index < -0.39 is 10.0 Å². The number of aromatic nitrogens is 1. The Bertz CT molecular complexity index is 799. The standard InChI is InChI=1S/C16H22N2O3S2/c1-10-9-14(21-17-10)15-11(2)22-12(3)16(15)23(19,20)18-13-7-5-4-6-8-13/h9,13,18H,4-8H2,1-3H3. The Kier molecular flexibility index (Phi) is 4.62. The molecule has 1 aliphatic rings. The predicted octanol–water partition coefficient (Wildman–Crippen LogP) is 3.94. The lowest BCUT2D eigenvalue weighted by Gasteiger charge is -2.22. The topological polar surface area (TPSA) is 72.2 Å². The molecule has 0 atom stereocenters. The zero-order valence-corrected chi connectivity index (χ0v) is 15.3. The average molecular weight is 354 g/mol.